The number of aromatic nitrogens is 1. The first-order valence-corrected chi connectivity index (χ1v) is 16.5. The average molecular weight is 598 g/mol. The summed E-state index contributed by atoms with van der Waals surface area (Å²) in [5.74, 6) is 0.851. The molecule has 0 fully saturated rings. The lowest BCUT2D eigenvalue weighted by Gasteiger charge is -2.23. The molecule has 0 spiro atoms. The molecule has 216 valence electrons. The highest BCUT2D eigenvalue weighted by molar-refractivity contribution is 7.99. The Morgan fingerprint density at radius 2 is 1.64 bits per heavy atom. The first-order valence-electron chi connectivity index (χ1n) is 15.5. The topological polar surface area (TPSA) is 52.5 Å². The Hall–Kier alpha value is -5.03. The van der Waals surface area contributed by atoms with Crippen LogP contribution in [-0.2, 0) is 11.8 Å². The normalized spacial score (nSPS) is 18.8. The number of hydrogen-bond donors (Lipinski definition) is 0. The Balaban J connectivity index is 1.29. The van der Waals surface area contributed by atoms with Crippen molar-refractivity contribution < 1.29 is 0 Å². The van der Waals surface area contributed by atoms with Gasteiger partial charge in [-0.25, -0.2) is 0 Å². The van der Waals surface area contributed by atoms with E-state index in [0.717, 1.165) is 69.2 Å². The van der Waals surface area contributed by atoms with E-state index >= 15 is 0 Å². The molecule has 3 aliphatic rings. The molecule has 0 radical (unpaired) electrons. The predicted molar refractivity (Wildman–Crippen MR) is 186 cm³/mol. The molecule has 0 saturated heterocycles. The van der Waals surface area contributed by atoms with Crippen LogP contribution in [0, 0.1) is 22.7 Å². The summed E-state index contributed by atoms with van der Waals surface area (Å²) >= 11 is 1.92. The summed E-state index contributed by atoms with van der Waals surface area (Å²) < 4.78 is 2.30. The highest BCUT2D eigenvalue weighted by Gasteiger charge is 2.37. The van der Waals surface area contributed by atoms with Gasteiger partial charge < -0.3 is 4.57 Å². The number of allylic oxidation sites excluding steroid dienone is 7. The van der Waals surface area contributed by atoms with Crippen molar-refractivity contribution >= 4 is 39.3 Å². The highest BCUT2D eigenvalue weighted by Crippen LogP contribution is 2.53. The summed E-state index contributed by atoms with van der Waals surface area (Å²) in [5.41, 5.74) is 13.6. The summed E-state index contributed by atoms with van der Waals surface area (Å²) in [6.07, 6.45) is 11.4. The van der Waals surface area contributed by atoms with Gasteiger partial charge in [-0.3, -0.25) is 0 Å². The maximum Gasteiger partial charge on any atom is 0.0991 e. The van der Waals surface area contributed by atoms with Gasteiger partial charge >= 0.3 is 0 Å². The number of rotatable bonds is 2. The lowest BCUT2D eigenvalue weighted by Crippen LogP contribution is -2.15. The van der Waals surface area contributed by atoms with Gasteiger partial charge in [-0.15, -0.1) is 11.8 Å². The molecule has 0 saturated carbocycles. The maximum absolute atomic E-state index is 10.5. The van der Waals surface area contributed by atoms with Crippen molar-refractivity contribution in [1.29, 1.82) is 10.5 Å². The lowest BCUT2D eigenvalue weighted by molar-refractivity contribution is 0.659. The van der Waals surface area contributed by atoms with Crippen LogP contribution >= 0.6 is 11.8 Å². The van der Waals surface area contributed by atoms with Crippen LogP contribution in [0.25, 0.3) is 38.6 Å². The molecule has 2 aliphatic carbocycles. The molecule has 1 aromatic heterocycles. The largest absolute Gasteiger partial charge is 0.309 e. The molecular formula is C41H31N3S. The standard InChI is InChI=1S/C41H31N3S/c1-41(2)33-13-5-3-12-31(33)39-34(41)20-19-28-18-17-27(10-8-22-45-40(28)39)38-29(25-43)9-7-15-37(38)44-35-14-6-4-11-30(35)32-23-26(24-42)16-21-36(32)44/h3-6,8,10-17,19-21,23H,7,9,18,22H2,1-2H3/b10-8-,27-17+. The summed E-state index contributed by atoms with van der Waals surface area (Å²) in [7, 11) is 0. The predicted octanol–water partition coefficient (Wildman–Crippen LogP) is 10.3. The summed E-state index contributed by atoms with van der Waals surface area (Å²) in [6.45, 7) is 4.68. The SMILES string of the molecule is CC1(C)c2ccccc2-c2c1ccc1c2SC/C=C\C(C2=C(C#N)CCC=C2n2c3ccccc3c3cc(C#N)ccc32)=C/C1. The van der Waals surface area contributed by atoms with E-state index in [4.69, 9.17) is 0 Å². The molecule has 0 bridgehead atoms. The first-order chi connectivity index (χ1) is 22.0. The van der Waals surface area contributed by atoms with E-state index < -0.39 is 0 Å². The fraction of sp³-hybridized carbons (Fsp3) is 0.171. The van der Waals surface area contributed by atoms with E-state index in [1.165, 1.54) is 32.7 Å². The number of hydrogen-bond acceptors (Lipinski definition) is 3. The molecule has 2 heterocycles. The Labute approximate surface area is 268 Å². The van der Waals surface area contributed by atoms with Gasteiger partial charge in [0.1, 0.15) is 0 Å². The van der Waals surface area contributed by atoms with Crippen molar-refractivity contribution in [2.45, 2.75) is 43.4 Å². The zero-order valence-electron chi connectivity index (χ0n) is 25.4. The second-order valence-electron chi connectivity index (χ2n) is 12.5. The molecule has 4 heteroatoms. The quantitative estimate of drug-likeness (QED) is 0.203. The fourth-order valence-corrected chi connectivity index (χ4v) is 8.64. The van der Waals surface area contributed by atoms with Gasteiger partial charge in [0.05, 0.1) is 34.4 Å². The molecular weight excluding hydrogens is 567 g/mol. The molecule has 0 unspecified atom stereocenters. The number of fused-ring (bicyclic) bond motifs is 8. The number of para-hydroxylation sites is 1. The third-order valence-electron chi connectivity index (χ3n) is 9.70. The molecule has 3 nitrogen and oxygen atoms in total. The van der Waals surface area contributed by atoms with E-state index in [1.807, 2.05) is 36.0 Å². The average Bonchev–Trinajstić information content (AvgIpc) is 3.56. The highest BCUT2D eigenvalue weighted by atomic mass is 32.2. The Kier molecular flexibility index (Phi) is 6.45. The van der Waals surface area contributed by atoms with Gasteiger partial charge in [0, 0.05) is 38.0 Å². The molecule has 5 aromatic rings. The minimum Gasteiger partial charge on any atom is -0.309 e. The monoisotopic (exact) mass is 597 g/mol. The lowest BCUT2D eigenvalue weighted by atomic mass is 9.82. The van der Waals surface area contributed by atoms with Crippen LogP contribution in [0.3, 0.4) is 0 Å². The van der Waals surface area contributed by atoms with Crippen molar-refractivity contribution in [3.05, 3.63) is 142 Å². The summed E-state index contributed by atoms with van der Waals surface area (Å²) in [6, 6.07) is 32.7. The second kappa shape index (κ2) is 10.6. The zero-order chi connectivity index (χ0) is 30.7. The third-order valence-corrected chi connectivity index (χ3v) is 10.8. The van der Waals surface area contributed by atoms with Crippen LogP contribution < -0.4 is 0 Å². The maximum atomic E-state index is 10.5. The van der Waals surface area contributed by atoms with E-state index in [0.29, 0.717) is 5.56 Å². The zero-order valence-corrected chi connectivity index (χ0v) is 26.2. The molecule has 8 rings (SSSR count). The van der Waals surface area contributed by atoms with Gasteiger partial charge in [-0.2, -0.15) is 10.5 Å². The van der Waals surface area contributed by atoms with Crippen LogP contribution in [0.15, 0.2) is 125 Å². The van der Waals surface area contributed by atoms with Gasteiger partial charge in [-0.1, -0.05) is 92.7 Å². The van der Waals surface area contributed by atoms with Crippen LogP contribution in [0.4, 0.5) is 0 Å². The molecule has 0 amide bonds. The minimum absolute atomic E-state index is 0.0264. The van der Waals surface area contributed by atoms with Crippen molar-refractivity contribution in [3.8, 4) is 23.3 Å². The second-order valence-corrected chi connectivity index (χ2v) is 13.5. The molecule has 4 aromatic carbocycles. The van der Waals surface area contributed by atoms with E-state index in [-0.39, 0.29) is 5.41 Å². The van der Waals surface area contributed by atoms with Gasteiger partial charge in [0.15, 0.2) is 0 Å². The Morgan fingerprint density at radius 1 is 0.822 bits per heavy atom. The molecule has 45 heavy (non-hydrogen) atoms. The van der Waals surface area contributed by atoms with Gasteiger partial charge in [0.25, 0.3) is 0 Å². The van der Waals surface area contributed by atoms with Crippen molar-refractivity contribution in [2.24, 2.45) is 0 Å². The molecule has 0 atom stereocenters. The van der Waals surface area contributed by atoms with Crippen molar-refractivity contribution in [3.63, 3.8) is 0 Å². The Morgan fingerprint density at radius 3 is 2.51 bits per heavy atom. The number of thioether (sulfide) groups is 1. The summed E-state index contributed by atoms with van der Waals surface area (Å²) in [5, 5.41) is 22.3. The third kappa shape index (κ3) is 4.17. The smallest absolute Gasteiger partial charge is 0.0991 e. The van der Waals surface area contributed by atoms with Crippen molar-refractivity contribution in [2.75, 3.05) is 5.75 Å². The molecule has 1 aliphatic heterocycles. The number of nitriles is 2. The molecule has 0 N–H and O–H groups in total. The van der Waals surface area contributed by atoms with E-state index in [1.54, 1.807) is 0 Å². The van der Waals surface area contributed by atoms with Crippen LogP contribution in [0.2, 0.25) is 0 Å². The number of nitrogens with zero attached hydrogens (tertiary/aromatic N) is 3. The van der Waals surface area contributed by atoms with E-state index in [9.17, 15) is 10.5 Å². The first kappa shape index (κ1) is 27.5. The van der Waals surface area contributed by atoms with Crippen LogP contribution in [0.5, 0.6) is 0 Å². The van der Waals surface area contributed by atoms with Gasteiger partial charge in [-0.05, 0) is 76.9 Å². The van der Waals surface area contributed by atoms with Crippen molar-refractivity contribution in [1.82, 2.24) is 4.57 Å². The summed E-state index contributed by atoms with van der Waals surface area (Å²) in [4.78, 5) is 1.37. The van der Waals surface area contributed by atoms with Crippen LogP contribution in [-0.4, -0.2) is 10.3 Å². The minimum atomic E-state index is -0.0264. The number of benzene rings is 4. The van der Waals surface area contributed by atoms with Gasteiger partial charge in [0.2, 0.25) is 0 Å². The van der Waals surface area contributed by atoms with Crippen LogP contribution in [0.1, 0.15) is 48.9 Å². The fourth-order valence-electron chi connectivity index (χ4n) is 7.58. The Bertz CT molecular complexity index is 2290. The van der Waals surface area contributed by atoms with E-state index in [2.05, 4.69) is 109 Å².